The van der Waals surface area contributed by atoms with Crippen molar-refractivity contribution < 1.29 is 0 Å². The molecule has 136 valence electrons. The van der Waals surface area contributed by atoms with Crippen LogP contribution in [-0.4, -0.2) is 4.98 Å². The molecule has 0 saturated carbocycles. The molecule has 0 atom stereocenters. The van der Waals surface area contributed by atoms with Crippen LogP contribution in [0.3, 0.4) is 0 Å². The minimum Gasteiger partial charge on any atom is -0.247 e. The molecule has 6 rings (SSSR count). The van der Waals surface area contributed by atoms with Gasteiger partial charge in [-0.3, -0.25) is 0 Å². The van der Waals surface area contributed by atoms with Gasteiger partial charge in [-0.25, -0.2) is 4.98 Å². The zero-order chi connectivity index (χ0) is 20.2. The zero-order valence-electron chi connectivity index (χ0n) is 15.8. The van der Waals surface area contributed by atoms with E-state index < -0.39 is 0 Å². The van der Waals surface area contributed by atoms with E-state index in [0.29, 0.717) is 11.1 Å². The van der Waals surface area contributed by atoms with E-state index in [1.807, 2.05) is 42.5 Å². The molecule has 0 aliphatic heterocycles. The first-order valence-electron chi connectivity index (χ1n) is 9.69. The fraction of sp³-hybridized carbons (Fsp3) is 0. The number of benzene rings is 5. The molecular formula is C27H13N3. The molecule has 0 amide bonds. The molecule has 0 radical (unpaired) electrons. The average molecular weight is 379 g/mol. The Balaban J connectivity index is 2.00. The van der Waals surface area contributed by atoms with Crippen LogP contribution < -0.4 is 0 Å². The quantitative estimate of drug-likeness (QED) is 0.221. The van der Waals surface area contributed by atoms with Gasteiger partial charge in [0.15, 0.2) is 0 Å². The van der Waals surface area contributed by atoms with Crippen LogP contribution in [0.5, 0.6) is 0 Å². The van der Waals surface area contributed by atoms with Crippen molar-refractivity contribution in [3.8, 4) is 12.1 Å². The summed E-state index contributed by atoms with van der Waals surface area (Å²) in [4.78, 5) is 5.00. The third-order valence-corrected chi connectivity index (χ3v) is 5.87. The fourth-order valence-electron chi connectivity index (χ4n) is 4.50. The lowest BCUT2D eigenvalue weighted by Crippen LogP contribution is -1.92. The molecule has 0 spiro atoms. The number of para-hydroxylation sites is 1. The molecular weight excluding hydrogens is 366 g/mol. The fourth-order valence-corrected chi connectivity index (χ4v) is 4.50. The molecule has 1 heterocycles. The second-order valence-corrected chi connectivity index (χ2v) is 7.45. The van der Waals surface area contributed by atoms with Crippen LogP contribution in [0.1, 0.15) is 11.1 Å². The maximum atomic E-state index is 9.59. The van der Waals surface area contributed by atoms with Crippen LogP contribution in [0.25, 0.3) is 54.1 Å². The van der Waals surface area contributed by atoms with Gasteiger partial charge in [0.05, 0.1) is 22.2 Å². The zero-order valence-corrected chi connectivity index (χ0v) is 15.8. The molecule has 6 aromatic rings. The molecule has 0 saturated heterocycles. The lowest BCUT2D eigenvalue weighted by atomic mass is 9.90. The average Bonchev–Trinajstić information content (AvgIpc) is 2.81. The summed E-state index contributed by atoms with van der Waals surface area (Å²) in [7, 11) is 0. The molecule has 0 aliphatic rings. The highest BCUT2D eigenvalue weighted by Gasteiger charge is 2.16. The number of pyridine rings is 1. The molecule has 5 aromatic carbocycles. The Morgan fingerprint density at radius 1 is 0.567 bits per heavy atom. The molecule has 3 nitrogen and oxygen atoms in total. The van der Waals surface area contributed by atoms with Crippen LogP contribution in [0.4, 0.5) is 0 Å². The van der Waals surface area contributed by atoms with Gasteiger partial charge >= 0.3 is 0 Å². The summed E-state index contributed by atoms with van der Waals surface area (Å²) in [6.45, 7) is 0. The highest BCUT2D eigenvalue weighted by atomic mass is 14.7. The SMILES string of the molecule is N#Cc1cc2c(cc1C#N)c1nc3ccccc3cc1c1c3ccccc3ccc21. The summed E-state index contributed by atoms with van der Waals surface area (Å²) in [6.07, 6.45) is 0. The minimum absolute atomic E-state index is 0.376. The third-order valence-electron chi connectivity index (χ3n) is 5.87. The molecule has 30 heavy (non-hydrogen) atoms. The maximum Gasteiger partial charge on any atom is 0.101 e. The summed E-state index contributed by atoms with van der Waals surface area (Å²) < 4.78 is 0. The summed E-state index contributed by atoms with van der Waals surface area (Å²) >= 11 is 0. The lowest BCUT2D eigenvalue weighted by molar-refractivity contribution is 1.44. The van der Waals surface area contributed by atoms with Gasteiger partial charge in [0.25, 0.3) is 0 Å². The van der Waals surface area contributed by atoms with Gasteiger partial charge in [-0.1, -0.05) is 54.6 Å². The summed E-state index contributed by atoms with van der Waals surface area (Å²) in [5.74, 6) is 0. The standard InChI is InChI=1S/C27H13N3/c28-14-18-12-22-21-10-9-16-5-1-3-7-20(16)26(21)24-11-17-6-2-4-8-25(17)30-27(24)23(22)13-19(18)15-29/h1-13H. The summed E-state index contributed by atoms with van der Waals surface area (Å²) in [5.41, 5.74) is 2.53. The van der Waals surface area contributed by atoms with Crippen molar-refractivity contribution in [3.63, 3.8) is 0 Å². The molecule has 0 unspecified atom stereocenters. The van der Waals surface area contributed by atoms with Crippen LogP contribution in [-0.2, 0) is 0 Å². The van der Waals surface area contributed by atoms with E-state index in [9.17, 15) is 10.5 Å². The lowest BCUT2D eigenvalue weighted by Gasteiger charge is -2.14. The normalized spacial score (nSPS) is 11.3. The first-order valence-corrected chi connectivity index (χ1v) is 9.69. The van der Waals surface area contributed by atoms with Gasteiger partial charge in [0, 0.05) is 16.2 Å². The predicted octanol–water partition coefficient (Wildman–Crippen LogP) is 6.59. The molecule has 1 aromatic heterocycles. The molecule has 0 bridgehead atoms. The number of nitrogens with zero attached hydrogens (tertiary/aromatic N) is 3. The van der Waals surface area contributed by atoms with Crippen molar-refractivity contribution in [2.24, 2.45) is 0 Å². The number of rotatable bonds is 0. The van der Waals surface area contributed by atoms with Gasteiger partial charge < -0.3 is 0 Å². The number of nitriles is 2. The number of hydrogen-bond donors (Lipinski definition) is 0. The van der Waals surface area contributed by atoms with Crippen molar-refractivity contribution in [1.29, 1.82) is 10.5 Å². The second kappa shape index (κ2) is 6.01. The first kappa shape index (κ1) is 16.5. The van der Waals surface area contributed by atoms with E-state index in [2.05, 4.69) is 48.5 Å². The van der Waals surface area contributed by atoms with E-state index in [1.165, 1.54) is 0 Å². The topological polar surface area (TPSA) is 60.5 Å². The van der Waals surface area contributed by atoms with Crippen molar-refractivity contribution >= 4 is 54.1 Å². The van der Waals surface area contributed by atoms with Crippen LogP contribution in [0.2, 0.25) is 0 Å². The Morgan fingerprint density at radius 3 is 2.07 bits per heavy atom. The summed E-state index contributed by atoms with van der Waals surface area (Å²) in [6, 6.07) is 30.8. The molecule has 3 heteroatoms. The monoisotopic (exact) mass is 379 g/mol. The predicted molar refractivity (Wildman–Crippen MR) is 121 cm³/mol. The number of aromatic nitrogens is 1. The van der Waals surface area contributed by atoms with Crippen LogP contribution in [0, 0.1) is 22.7 Å². The van der Waals surface area contributed by atoms with E-state index in [1.54, 1.807) is 0 Å². The van der Waals surface area contributed by atoms with Gasteiger partial charge in [0.1, 0.15) is 12.1 Å². The van der Waals surface area contributed by atoms with Crippen LogP contribution >= 0.6 is 0 Å². The Kier molecular flexibility index (Phi) is 3.30. The van der Waals surface area contributed by atoms with Gasteiger partial charge in [-0.2, -0.15) is 10.5 Å². The second-order valence-electron chi connectivity index (χ2n) is 7.45. The Morgan fingerprint density at radius 2 is 1.27 bits per heavy atom. The van der Waals surface area contributed by atoms with Crippen molar-refractivity contribution in [2.75, 3.05) is 0 Å². The Bertz CT molecular complexity index is 1730. The Labute approximate surface area is 172 Å². The number of fused-ring (bicyclic) bond motifs is 9. The highest BCUT2D eigenvalue weighted by Crippen LogP contribution is 2.40. The van der Waals surface area contributed by atoms with Gasteiger partial charge in [-0.15, -0.1) is 0 Å². The molecule has 0 N–H and O–H groups in total. The van der Waals surface area contributed by atoms with E-state index >= 15 is 0 Å². The van der Waals surface area contributed by atoms with Gasteiger partial charge in [0.2, 0.25) is 0 Å². The largest absolute Gasteiger partial charge is 0.247 e. The number of hydrogen-bond acceptors (Lipinski definition) is 3. The van der Waals surface area contributed by atoms with Crippen molar-refractivity contribution in [2.45, 2.75) is 0 Å². The van der Waals surface area contributed by atoms with Crippen molar-refractivity contribution in [1.82, 2.24) is 4.98 Å². The van der Waals surface area contributed by atoms with E-state index in [0.717, 1.165) is 54.1 Å². The smallest absolute Gasteiger partial charge is 0.101 e. The summed E-state index contributed by atoms with van der Waals surface area (Å²) in [5, 5.41) is 27.7. The van der Waals surface area contributed by atoms with Crippen LogP contribution in [0.15, 0.2) is 78.9 Å². The first-order chi connectivity index (χ1) is 14.8. The minimum atomic E-state index is 0.376. The third kappa shape index (κ3) is 2.15. The van der Waals surface area contributed by atoms with Gasteiger partial charge in [-0.05, 0) is 51.2 Å². The van der Waals surface area contributed by atoms with Crippen molar-refractivity contribution in [3.05, 3.63) is 90.0 Å². The maximum absolute atomic E-state index is 9.59. The molecule has 0 fully saturated rings. The highest BCUT2D eigenvalue weighted by molar-refractivity contribution is 6.31. The molecule has 0 aliphatic carbocycles. The van der Waals surface area contributed by atoms with E-state index in [4.69, 9.17) is 4.98 Å². The van der Waals surface area contributed by atoms with E-state index in [-0.39, 0.29) is 0 Å². The Hall–Kier alpha value is -4.47.